The summed E-state index contributed by atoms with van der Waals surface area (Å²) in [6.07, 6.45) is -0.0957. The van der Waals surface area contributed by atoms with E-state index in [1.807, 2.05) is 20.8 Å². The molecule has 6 nitrogen and oxygen atoms in total. The summed E-state index contributed by atoms with van der Waals surface area (Å²) >= 11 is 0. The van der Waals surface area contributed by atoms with Crippen LogP contribution in [0.25, 0.3) is 0 Å². The van der Waals surface area contributed by atoms with Crippen molar-refractivity contribution >= 4 is 12.2 Å². The van der Waals surface area contributed by atoms with E-state index in [-0.39, 0.29) is 12.1 Å². The molecule has 1 heterocycles. The molecule has 1 aliphatic heterocycles. The van der Waals surface area contributed by atoms with Gasteiger partial charge >= 0.3 is 12.2 Å². The van der Waals surface area contributed by atoms with Crippen molar-refractivity contribution in [3.8, 4) is 0 Å². The van der Waals surface area contributed by atoms with Crippen LogP contribution in [0.1, 0.15) is 27.2 Å². The van der Waals surface area contributed by atoms with Gasteiger partial charge in [0, 0.05) is 13.1 Å². The Morgan fingerprint density at radius 2 is 2.00 bits per heavy atom. The highest BCUT2D eigenvalue weighted by molar-refractivity contribution is 5.70. The molecular formula is C11H20N2O4. The largest absolute Gasteiger partial charge is 0.453 e. The van der Waals surface area contributed by atoms with Gasteiger partial charge in [-0.25, -0.2) is 9.59 Å². The molecule has 0 bridgehead atoms. The van der Waals surface area contributed by atoms with Crippen LogP contribution in [0, 0.1) is 0 Å². The van der Waals surface area contributed by atoms with Gasteiger partial charge in [0.1, 0.15) is 5.60 Å². The number of nitrogens with zero attached hydrogens (tertiary/aromatic N) is 1. The third-order valence-electron chi connectivity index (χ3n) is 2.34. The van der Waals surface area contributed by atoms with Crippen LogP contribution >= 0.6 is 0 Å². The van der Waals surface area contributed by atoms with Crippen LogP contribution in [-0.2, 0) is 9.47 Å². The minimum absolute atomic E-state index is 0.0658. The van der Waals surface area contributed by atoms with Crippen LogP contribution in [0.2, 0.25) is 0 Å². The molecule has 1 saturated heterocycles. The van der Waals surface area contributed by atoms with Gasteiger partial charge in [0.2, 0.25) is 0 Å². The van der Waals surface area contributed by atoms with Gasteiger partial charge in [-0.05, 0) is 27.2 Å². The van der Waals surface area contributed by atoms with Crippen molar-refractivity contribution in [2.75, 3.05) is 20.2 Å². The molecule has 0 aromatic rings. The van der Waals surface area contributed by atoms with E-state index in [1.165, 1.54) is 7.11 Å². The molecule has 1 aliphatic rings. The average Bonchev–Trinajstić information content (AvgIpc) is 2.62. The van der Waals surface area contributed by atoms with Gasteiger partial charge < -0.3 is 19.7 Å². The van der Waals surface area contributed by atoms with E-state index >= 15 is 0 Å². The molecule has 2 amide bonds. The number of rotatable bonds is 1. The van der Waals surface area contributed by atoms with E-state index in [1.54, 1.807) is 4.90 Å². The molecule has 0 aliphatic carbocycles. The Morgan fingerprint density at radius 3 is 2.53 bits per heavy atom. The lowest BCUT2D eigenvalue weighted by atomic mass is 10.2. The second kappa shape index (κ2) is 5.25. The number of amides is 2. The summed E-state index contributed by atoms with van der Waals surface area (Å²) in [6, 6.07) is -0.0658. The number of hydrogen-bond donors (Lipinski definition) is 1. The smallest absolute Gasteiger partial charge is 0.409 e. The van der Waals surface area contributed by atoms with Gasteiger partial charge in [-0.3, -0.25) is 0 Å². The van der Waals surface area contributed by atoms with Crippen LogP contribution in [-0.4, -0.2) is 48.9 Å². The zero-order valence-electron chi connectivity index (χ0n) is 10.8. The Morgan fingerprint density at radius 1 is 1.35 bits per heavy atom. The third kappa shape index (κ3) is 4.50. The van der Waals surface area contributed by atoms with Gasteiger partial charge in [0.05, 0.1) is 13.2 Å². The molecule has 1 atom stereocenters. The lowest BCUT2D eigenvalue weighted by Gasteiger charge is -2.21. The standard InChI is InChI=1S/C11H20N2O4/c1-11(2,3)17-9(14)12-8-5-6-13(7-8)10(15)16-4/h8H,5-7H2,1-4H3,(H,12,14)/t8-/m0/s1. The SMILES string of the molecule is COC(=O)N1CC[C@H](NC(=O)OC(C)(C)C)C1. The Labute approximate surface area is 101 Å². The number of methoxy groups -OCH3 is 1. The number of ether oxygens (including phenoxy) is 2. The molecule has 98 valence electrons. The highest BCUT2D eigenvalue weighted by Crippen LogP contribution is 2.12. The summed E-state index contributed by atoms with van der Waals surface area (Å²) in [5.41, 5.74) is -0.509. The van der Waals surface area contributed by atoms with E-state index in [9.17, 15) is 9.59 Å². The maximum absolute atomic E-state index is 11.5. The zero-order chi connectivity index (χ0) is 13.1. The van der Waals surface area contributed by atoms with Crippen LogP contribution in [0.15, 0.2) is 0 Å². The van der Waals surface area contributed by atoms with Crippen molar-refractivity contribution in [2.24, 2.45) is 0 Å². The Balaban J connectivity index is 2.35. The number of carbonyl (C=O) groups excluding carboxylic acids is 2. The van der Waals surface area contributed by atoms with Crippen LogP contribution in [0.4, 0.5) is 9.59 Å². The number of nitrogens with one attached hydrogen (secondary N) is 1. The third-order valence-corrected chi connectivity index (χ3v) is 2.34. The van der Waals surface area contributed by atoms with Crippen LogP contribution in [0.5, 0.6) is 0 Å². The minimum atomic E-state index is -0.509. The van der Waals surface area contributed by atoms with Crippen molar-refractivity contribution in [1.82, 2.24) is 10.2 Å². The quantitative estimate of drug-likeness (QED) is 0.756. The summed E-state index contributed by atoms with van der Waals surface area (Å²) in [5, 5.41) is 2.73. The molecule has 0 aromatic heterocycles. The molecule has 0 unspecified atom stereocenters. The first-order valence-corrected chi connectivity index (χ1v) is 5.64. The number of hydrogen-bond acceptors (Lipinski definition) is 4. The lowest BCUT2D eigenvalue weighted by Crippen LogP contribution is -2.41. The number of likely N-dealkylation sites (tertiary alicyclic amines) is 1. The Bertz CT molecular complexity index is 298. The van der Waals surface area contributed by atoms with E-state index < -0.39 is 11.7 Å². The first-order chi connectivity index (χ1) is 7.81. The molecular weight excluding hydrogens is 224 g/mol. The number of alkyl carbamates (subject to hydrolysis) is 1. The second-order valence-corrected chi connectivity index (χ2v) is 5.05. The van der Waals surface area contributed by atoms with Gasteiger partial charge in [-0.1, -0.05) is 0 Å². The van der Waals surface area contributed by atoms with Crippen LogP contribution < -0.4 is 5.32 Å². The maximum Gasteiger partial charge on any atom is 0.409 e. The van der Waals surface area contributed by atoms with Gasteiger partial charge in [0.15, 0.2) is 0 Å². The van der Waals surface area contributed by atoms with Crippen molar-refractivity contribution in [2.45, 2.75) is 38.8 Å². The molecule has 0 radical (unpaired) electrons. The van der Waals surface area contributed by atoms with Crippen molar-refractivity contribution < 1.29 is 19.1 Å². The molecule has 0 saturated carbocycles. The Kier molecular flexibility index (Phi) is 4.20. The fourth-order valence-corrected chi connectivity index (χ4v) is 1.65. The van der Waals surface area contributed by atoms with E-state index in [2.05, 4.69) is 10.1 Å². The van der Waals surface area contributed by atoms with Gasteiger partial charge in [0.25, 0.3) is 0 Å². The summed E-state index contributed by atoms with van der Waals surface area (Å²) in [4.78, 5) is 24.3. The summed E-state index contributed by atoms with van der Waals surface area (Å²) in [5.74, 6) is 0. The fraction of sp³-hybridized carbons (Fsp3) is 0.818. The van der Waals surface area contributed by atoms with Gasteiger partial charge in [-0.2, -0.15) is 0 Å². The maximum atomic E-state index is 11.5. The lowest BCUT2D eigenvalue weighted by molar-refractivity contribution is 0.0504. The highest BCUT2D eigenvalue weighted by atomic mass is 16.6. The first kappa shape index (κ1) is 13.6. The van der Waals surface area contributed by atoms with Crippen molar-refractivity contribution in [3.63, 3.8) is 0 Å². The molecule has 6 heteroatoms. The summed E-state index contributed by atoms with van der Waals surface area (Å²) in [7, 11) is 1.34. The summed E-state index contributed by atoms with van der Waals surface area (Å²) < 4.78 is 9.75. The Hall–Kier alpha value is -1.46. The number of carbonyl (C=O) groups is 2. The highest BCUT2D eigenvalue weighted by Gasteiger charge is 2.29. The molecule has 0 aromatic carbocycles. The minimum Gasteiger partial charge on any atom is -0.453 e. The van der Waals surface area contributed by atoms with Gasteiger partial charge in [-0.15, -0.1) is 0 Å². The average molecular weight is 244 g/mol. The van der Waals surface area contributed by atoms with E-state index in [4.69, 9.17) is 4.74 Å². The summed E-state index contributed by atoms with van der Waals surface area (Å²) in [6.45, 7) is 6.48. The molecule has 1 N–H and O–H groups in total. The van der Waals surface area contributed by atoms with E-state index in [0.717, 1.165) is 0 Å². The fourth-order valence-electron chi connectivity index (χ4n) is 1.65. The zero-order valence-corrected chi connectivity index (χ0v) is 10.8. The first-order valence-electron chi connectivity index (χ1n) is 5.64. The van der Waals surface area contributed by atoms with Crippen molar-refractivity contribution in [3.05, 3.63) is 0 Å². The predicted octanol–water partition coefficient (Wildman–Crippen LogP) is 1.35. The van der Waals surface area contributed by atoms with E-state index in [0.29, 0.717) is 19.5 Å². The normalized spacial score (nSPS) is 20.0. The molecule has 1 rings (SSSR count). The van der Waals surface area contributed by atoms with Crippen LogP contribution in [0.3, 0.4) is 0 Å². The molecule has 1 fully saturated rings. The van der Waals surface area contributed by atoms with Crippen molar-refractivity contribution in [1.29, 1.82) is 0 Å². The second-order valence-electron chi connectivity index (χ2n) is 5.05. The molecule has 17 heavy (non-hydrogen) atoms. The molecule has 0 spiro atoms. The monoisotopic (exact) mass is 244 g/mol. The predicted molar refractivity (Wildman–Crippen MR) is 61.8 cm³/mol. The topological polar surface area (TPSA) is 67.9 Å².